The van der Waals surface area contributed by atoms with Gasteiger partial charge in [-0.2, -0.15) is 0 Å². The molecule has 0 aliphatic carbocycles. The van der Waals surface area contributed by atoms with E-state index in [1.807, 2.05) is 35.0 Å². The average molecular weight is 314 g/mol. The van der Waals surface area contributed by atoms with E-state index in [1.54, 1.807) is 7.05 Å². The number of nitrogens with zero attached hydrogens (tertiary/aromatic N) is 1. The van der Waals surface area contributed by atoms with Gasteiger partial charge in [-0.05, 0) is 43.0 Å². The number of aromatic nitrogens is 1. The van der Waals surface area contributed by atoms with Crippen LogP contribution in [0.1, 0.15) is 19.3 Å². The van der Waals surface area contributed by atoms with E-state index in [9.17, 15) is 9.59 Å². The molecular weight excluding hydrogens is 292 g/mol. The van der Waals surface area contributed by atoms with E-state index >= 15 is 0 Å². The quantitative estimate of drug-likeness (QED) is 0.800. The van der Waals surface area contributed by atoms with Crippen molar-refractivity contribution < 1.29 is 9.59 Å². The van der Waals surface area contributed by atoms with Crippen molar-refractivity contribution in [1.82, 2.24) is 15.2 Å². The molecule has 3 N–H and O–H groups in total. The molecule has 0 spiro atoms. The summed E-state index contributed by atoms with van der Waals surface area (Å²) in [5, 5.41) is 9.88. The van der Waals surface area contributed by atoms with Crippen LogP contribution in [-0.4, -0.2) is 36.0 Å². The molecule has 1 atom stereocenters. The lowest BCUT2D eigenvalue weighted by molar-refractivity contribution is -0.121. The number of hydrogen-bond acceptors (Lipinski definition) is 3. The fraction of sp³-hybridized carbons (Fsp3) is 0.412. The molecule has 2 aromatic rings. The van der Waals surface area contributed by atoms with Gasteiger partial charge in [0.15, 0.2) is 0 Å². The van der Waals surface area contributed by atoms with Crippen molar-refractivity contribution in [3.8, 4) is 0 Å². The van der Waals surface area contributed by atoms with E-state index in [0.717, 1.165) is 42.4 Å². The Labute approximate surface area is 135 Å². The lowest BCUT2D eigenvalue weighted by Gasteiger charge is -2.22. The predicted octanol–water partition coefficient (Wildman–Crippen LogP) is 1.47. The van der Waals surface area contributed by atoms with Crippen LogP contribution in [0.25, 0.3) is 10.9 Å². The van der Waals surface area contributed by atoms with Gasteiger partial charge < -0.3 is 20.5 Å². The second-order valence-electron chi connectivity index (χ2n) is 5.88. The Morgan fingerprint density at radius 2 is 2.17 bits per heavy atom. The first kappa shape index (κ1) is 15.6. The Morgan fingerprint density at radius 3 is 2.91 bits per heavy atom. The van der Waals surface area contributed by atoms with Gasteiger partial charge in [0.1, 0.15) is 6.54 Å². The monoisotopic (exact) mass is 314 g/mol. The van der Waals surface area contributed by atoms with Crippen molar-refractivity contribution in [2.75, 3.05) is 18.9 Å². The number of benzene rings is 1. The van der Waals surface area contributed by atoms with Gasteiger partial charge in [-0.25, -0.2) is 0 Å². The zero-order valence-electron chi connectivity index (χ0n) is 13.3. The summed E-state index contributed by atoms with van der Waals surface area (Å²) in [6.07, 6.45) is 4.97. The molecule has 23 heavy (non-hydrogen) atoms. The van der Waals surface area contributed by atoms with Crippen LogP contribution in [0.4, 0.5) is 5.69 Å². The molecule has 6 heteroatoms. The third-order valence-electron chi connectivity index (χ3n) is 4.26. The van der Waals surface area contributed by atoms with Crippen molar-refractivity contribution in [2.45, 2.75) is 31.8 Å². The van der Waals surface area contributed by atoms with E-state index in [-0.39, 0.29) is 24.4 Å². The lowest BCUT2D eigenvalue weighted by atomic mass is 10.0. The molecule has 1 saturated heterocycles. The number of rotatable bonds is 4. The number of carbonyl (C=O) groups excluding carboxylic acids is 2. The molecule has 2 amide bonds. The third kappa shape index (κ3) is 3.53. The highest BCUT2D eigenvalue weighted by Gasteiger charge is 2.20. The Balaban J connectivity index is 1.77. The maximum atomic E-state index is 12.3. The topological polar surface area (TPSA) is 75.2 Å². The normalized spacial score (nSPS) is 17.9. The molecule has 1 aromatic carbocycles. The van der Waals surface area contributed by atoms with E-state index in [1.165, 1.54) is 0 Å². The van der Waals surface area contributed by atoms with E-state index in [0.29, 0.717) is 0 Å². The summed E-state index contributed by atoms with van der Waals surface area (Å²) in [4.78, 5) is 23.9. The zero-order chi connectivity index (χ0) is 16.2. The van der Waals surface area contributed by atoms with E-state index < -0.39 is 0 Å². The molecule has 1 aromatic heterocycles. The smallest absolute Gasteiger partial charge is 0.241 e. The summed E-state index contributed by atoms with van der Waals surface area (Å²) in [5.74, 6) is -0.0446. The van der Waals surface area contributed by atoms with Gasteiger partial charge in [0, 0.05) is 18.9 Å². The van der Waals surface area contributed by atoms with Crippen LogP contribution < -0.4 is 16.0 Å². The highest BCUT2D eigenvalue weighted by molar-refractivity contribution is 5.97. The molecular formula is C17H22N4O2. The van der Waals surface area contributed by atoms with Crippen LogP contribution in [0.3, 0.4) is 0 Å². The third-order valence-corrected chi connectivity index (χ3v) is 4.26. The van der Waals surface area contributed by atoms with Gasteiger partial charge in [-0.3, -0.25) is 9.59 Å². The minimum absolute atomic E-state index is 0.00783. The number of anilines is 1. The number of piperidine rings is 1. The van der Waals surface area contributed by atoms with Gasteiger partial charge in [0.2, 0.25) is 11.8 Å². The first-order valence-electron chi connectivity index (χ1n) is 8.01. The van der Waals surface area contributed by atoms with Crippen LogP contribution in [0.2, 0.25) is 0 Å². The van der Waals surface area contributed by atoms with Crippen LogP contribution in [-0.2, 0) is 16.1 Å². The number of fused-ring (bicyclic) bond motifs is 1. The summed E-state index contributed by atoms with van der Waals surface area (Å²) >= 11 is 0. The summed E-state index contributed by atoms with van der Waals surface area (Å²) in [6, 6.07) is 7.62. The van der Waals surface area contributed by atoms with Gasteiger partial charge >= 0.3 is 0 Å². The number of amides is 2. The molecule has 1 aliphatic heterocycles. The minimum atomic E-state index is -0.114. The van der Waals surface area contributed by atoms with Crippen LogP contribution >= 0.6 is 0 Å². The standard InChI is InChI=1S/C17H22N4O2/c1-18-16(22)11-21-9-7-12-5-6-13(10-15(12)21)20-17(23)14-4-2-3-8-19-14/h5-7,9-10,14,19H,2-4,8,11H2,1H3,(H,18,22)(H,20,23). The summed E-state index contributed by atoms with van der Waals surface area (Å²) in [5.41, 5.74) is 1.69. The Bertz CT molecular complexity index is 716. The zero-order valence-corrected chi connectivity index (χ0v) is 13.3. The number of carbonyl (C=O) groups is 2. The molecule has 0 radical (unpaired) electrons. The maximum absolute atomic E-state index is 12.3. The van der Waals surface area contributed by atoms with Crippen LogP contribution in [0.15, 0.2) is 30.5 Å². The summed E-state index contributed by atoms with van der Waals surface area (Å²) in [7, 11) is 1.62. The van der Waals surface area contributed by atoms with Gasteiger partial charge in [0.25, 0.3) is 0 Å². The second-order valence-corrected chi connectivity index (χ2v) is 5.88. The molecule has 122 valence electrons. The summed E-state index contributed by atoms with van der Waals surface area (Å²) in [6.45, 7) is 1.16. The molecule has 3 rings (SSSR count). The highest BCUT2D eigenvalue weighted by atomic mass is 16.2. The van der Waals surface area contributed by atoms with Crippen LogP contribution in [0.5, 0.6) is 0 Å². The maximum Gasteiger partial charge on any atom is 0.241 e. The highest BCUT2D eigenvalue weighted by Crippen LogP contribution is 2.21. The average Bonchev–Trinajstić information content (AvgIpc) is 2.98. The molecule has 1 fully saturated rings. The van der Waals surface area contributed by atoms with E-state index in [4.69, 9.17) is 0 Å². The van der Waals surface area contributed by atoms with Crippen molar-refractivity contribution >= 4 is 28.4 Å². The second kappa shape index (κ2) is 6.83. The first-order chi connectivity index (χ1) is 11.2. The molecule has 0 bridgehead atoms. The molecule has 2 heterocycles. The number of hydrogen-bond donors (Lipinski definition) is 3. The number of likely N-dealkylation sites (N-methyl/N-ethyl adjacent to an activating group) is 1. The molecule has 1 aliphatic rings. The molecule has 6 nitrogen and oxygen atoms in total. The molecule has 0 saturated carbocycles. The van der Waals surface area contributed by atoms with Gasteiger partial charge in [0.05, 0.1) is 11.6 Å². The summed E-state index contributed by atoms with van der Waals surface area (Å²) < 4.78 is 1.88. The minimum Gasteiger partial charge on any atom is -0.358 e. The molecule has 1 unspecified atom stereocenters. The van der Waals surface area contributed by atoms with Crippen LogP contribution in [0, 0.1) is 0 Å². The van der Waals surface area contributed by atoms with Crippen molar-refractivity contribution in [3.63, 3.8) is 0 Å². The van der Waals surface area contributed by atoms with Crippen molar-refractivity contribution in [2.24, 2.45) is 0 Å². The first-order valence-corrected chi connectivity index (χ1v) is 8.01. The lowest BCUT2D eigenvalue weighted by Crippen LogP contribution is -2.43. The fourth-order valence-corrected chi connectivity index (χ4v) is 2.94. The SMILES string of the molecule is CNC(=O)Cn1ccc2ccc(NC(=O)C3CCCCN3)cc21. The van der Waals surface area contributed by atoms with Crippen molar-refractivity contribution in [1.29, 1.82) is 0 Å². The van der Waals surface area contributed by atoms with Gasteiger partial charge in [-0.1, -0.05) is 12.5 Å². The fourth-order valence-electron chi connectivity index (χ4n) is 2.94. The van der Waals surface area contributed by atoms with Gasteiger partial charge in [-0.15, -0.1) is 0 Å². The largest absolute Gasteiger partial charge is 0.358 e. The van der Waals surface area contributed by atoms with Crippen molar-refractivity contribution in [3.05, 3.63) is 30.5 Å². The Morgan fingerprint density at radius 1 is 1.30 bits per heavy atom. The predicted molar refractivity (Wildman–Crippen MR) is 90.3 cm³/mol. The van der Waals surface area contributed by atoms with E-state index in [2.05, 4.69) is 16.0 Å². The number of nitrogens with one attached hydrogen (secondary N) is 3. The Kier molecular flexibility index (Phi) is 4.62. The Hall–Kier alpha value is -2.34.